The van der Waals surface area contributed by atoms with Gasteiger partial charge < -0.3 is 14.2 Å². The first kappa shape index (κ1) is 16.8. The maximum atomic E-state index is 12.8. The van der Waals surface area contributed by atoms with Gasteiger partial charge in [-0.1, -0.05) is 5.16 Å². The molecule has 0 radical (unpaired) electrons. The van der Waals surface area contributed by atoms with Gasteiger partial charge in [0.05, 0.1) is 12.0 Å². The van der Waals surface area contributed by atoms with Crippen molar-refractivity contribution in [1.29, 1.82) is 0 Å². The number of hydrogen-bond acceptors (Lipinski definition) is 6. The minimum Gasteiger partial charge on any atom is -0.497 e. The molecule has 0 aliphatic carbocycles. The molecule has 0 N–H and O–H groups in total. The molecule has 1 aliphatic heterocycles. The summed E-state index contributed by atoms with van der Waals surface area (Å²) >= 11 is 1.52. The zero-order valence-electron chi connectivity index (χ0n) is 14.6. The molecule has 134 valence electrons. The number of rotatable bonds is 4. The SMILES string of the molecule is COc1ccc(-c2noc(C3CCCN3C(=O)c3ccc(C)s3)n2)cc1. The average molecular weight is 369 g/mol. The van der Waals surface area contributed by atoms with Gasteiger partial charge in [0.2, 0.25) is 11.7 Å². The number of thiophene rings is 1. The number of methoxy groups -OCH3 is 1. The molecule has 1 aliphatic rings. The van der Waals surface area contributed by atoms with Gasteiger partial charge in [-0.15, -0.1) is 11.3 Å². The number of carbonyl (C=O) groups is 1. The van der Waals surface area contributed by atoms with Crippen molar-refractivity contribution >= 4 is 17.2 Å². The molecule has 1 aromatic carbocycles. The zero-order valence-corrected chi connectivity index (χ0v) is 15.5. The van der Waals surface area contributed by atoms with E-state index in [-0.39, 0.29) is 11.9 Å². The van der Waals surface area contributed by atoms with Gasteiger partial charge in [0, 0.05) is 17.0 Å². The molecular formula is C19H19N3O3S. The number of aromatic nitrogens is 2. The van der Waals surface area contributed by atoms with Crippen LogP contribution in [0.15, 0.2) is 40.9 Å². The Kier molecular flexibility index (Phi) is 4.46. The van der Waals surface area contributed by atoms with Crippen molar-refractivity contribution in [3.8, 4) is 17.1 Å². The fourth-order valence-corrected chi connectivity index (χ4v) is 4.01. The number of benzene rings is 1. The molecule has 7 heteroatoms. The van der Waals surface area contributed by atoms with Crippen molar-refractivity contribution in [2.24, 2.45) is 0 Å². The molecule has 1 amide bonds. The highest BCUT2D eigenvalue weighted by Gasteiger charge is 2.35. The Bertz CT molecular complexity index is 916. The van der Waals surface area contributed by atoms with Crippen LogP contribution < -0.4 is 4.74 Å². The maximum absolute atomic E-state index is 12.8. The molecule has 2 aromatic heterocycles. The third-order valence-corrected chi connectivity index (χ3v) is 5.53. The molecule has 26 heavy (non-hydrogen) atoms. The van der Waals surface area contributed by atoms with E-state index >= 15 is 0 Å². The Morgan fingerprint density at radius 1 is 1.27 bits per heavy atom. The minimum absolute atomic E-state index is 0.0368. The first-order valence-electron chi connectivity index (χ1n) is 8.51. The summed E-state index contributed by atoms with van der Waals surface area (Å²) in [5.74, 6) is 1.83. The van der Waals surface area contributed by atoms with Gasteiger partial charge in [0.15, 0.2) is 0 Å². The predicted octanol–water partition coefficient (Wildman–Crippen LogP) is 4.09. The number of carbonyl (C=O) groups excluding carboxylic acids is 1. The van der Waals surface area contributed by atoms with E-state index in [1.54, 1.807) is 7.11 Å². The van der Waals surface area contributed by atoms with Crippen LogP contribution in [0.1, 0.15) is 39.3 Å². The number of ether oxygens (including phenoxy) is 1. The van der Waals surface area contributed by atoms with E-state index in [9.17, 15) is 4.79 Å². The summed E-state index contributed by atoms with van der Waals surface area (Å²) in [5.41, 5.74) is 0.852. The summed E-state index contributed by atoms with van der Waals surface area (Å²) in [5, 5.41) is 4.09. The van der Waals surface area contributed by atoms with Crippen molar-refractivity contribution < 1.29 is 14.1 Å². The standard InChI is InChI=1S/C19H19N3O3S/c1-12-5-10-16(26-12)19(23)22-11-3-4-15(22)18-20-17(21-25-18)13-6-8-14(24-2)9-7-13/h5-10,15H,3-4,11H2,1-2H3. The lowest BCUT2D eigenvalue weighted by Gasteiger charge is -2.21. The molecule has 1 saturated heterocycles. The Morgan fingerprint density at radius 3 is 2.77 bits per heavy atom. The monoisotopic (exact) mass is 369 g/mol. The molecule has 0 spiro atoms. The number of nitrogens with zero attached hydrogens (tertiary/aromatic N) is 3. The van der Waals surface area contributed by atoms with Crippen molar-refractivity contribution in [3.63, 3.8) is 0 Å². The lowest BCUT2D eigenvalue weighted by Crippen LogP contribution is -2.30. The first-order chi connectivity index (χ1) is 12.7. The lowest BCUT2D eigenvalue weighted by atomic mass is 10.2. The normalized spacial score (nSPS) is 16.8. The van der Waals surface area contributed by atoms with Crippen molar-refractivity contribution in [1.82, 2.24) is 15.0 Å². The second kappa shape index (κ2) is 6.92. The fraction of sp³-hybridized carbons (Fsp3) is 0.316. The van der Waals surface area contributed by atoms with Crippen molar-refractivity contribution in [2.45, 2.75) is 25.8 Å². The maximum Gasteiger partial charge on any atom is 0.264 e. The smallest absolute Gasteiger partial charge is 0.264 e. The van der Waals surface area contributed by atoms with E-state index in [0.717, 1.165) is 33.9 Å². The summed E-state index contributed by atoms with van der Waals surface area (Å²) in [6.45, 7) is 2.71. The van der Waals surface area contributed by atoms with Gasteiger partial charge in [-0.3, -0.25) is 4.79 Å². The topological polar surface area (TPSA) is 68.5 Å². The van der Waals surface area contributed by atoms with Gasteiger partial charge >= 0.3 is 0 Å². The van der Waals surface area contributed by atoms with Crippen LogP contribution in [0, 0.1) is 6.92 Å². The Balaban J connectivity index is 1.56. The quantitative estimate of drug-likeness (QED) is 0.693. The summed E-state index contributed by atoms with van der Waals surface area (Å²) in [6.07, 6.45) is 1.77. The summed E-state index contributed by atoms with van der Waals surface area (Å²) in [4.78, 5) is 21.1. The number of aryl methyl sites for hydroxylation is 1. The Labute approximate surface area is 155 Å². The average Bonchev–Trinajstić information content (AvgIpc) is 3.41. The molecular weight excluding hydrogens is 350 g/mol. The Morgan fingerprint density at radius 2 is 2.08 bits per heavy atom. The third-order valence-electron chi connectivity index (χ3n) is 4.54. The molecule has 6 nitrogen and oxygen atoms in total. The fourth-order valence-electron chi connectivity index (χ4n) is 3.19. The van der Waals surface area contributed by atoms with Crippen LogP contribution in [0.5, 0.6) is 5.75 Å². The molecule has 1 unspecified atom stereocenters. The van der Waals surface area contributed by atoms with E-state index in [1.807, 2.05) is 48.2 Å². The van der Waals surface area contributed by atoms with E-state index in [1.165, 1.54) is 11.3 Å². The molecule has 0 bridgehead atoms. The van der Waals surface area contributed by atoms with Gasteiger partial charge in [0.25, 0.3) is 5.91 Å². The van der Waals surface area contributed by atoms with Crippen LogP contribution in [0.25, 0.3) is 11.4 Å². The van der Waals surface area contributed by atoms with Gasteiger partial charge in [-0.25, -0.2) is 0 Å². The van der Waals surface area contributed by atoms with E-state index in [2.05, 4.69) is 10.1 Å². The zero-order chi connectivity index (χ0) is 18.1. The van der Waals surface area contributed by atoms with Crippen molar-refractivity contribution in [2.75, 3.05) is 13.7 Å². The molecule has 1 atom stereocenters. The van der Waals surface area contributed by atoms with Gasteiger partial charge in [-0.05, 0) is 56.2 Å². The highest BCUT2D eigenvalue weighted by Crippen LogP contribution is 2.34. The van der Waals surface area contributed by atoms with Crippen LogP contribution in [0.4, 0.5) is 0 Å². The summed E-state index contributed by atoms with van der Waals surface area (Å²) in [6, 6.07) is 11.2. The predicted molar refractivity (Wildman–Crippen MR) is 98.4 cm³/mol. The van der Waals surface area contributed by atoms with E-state index in [4.69, 9.17) is 9.26 Å². The summed E-state index contributed by atoms with van der Waals surface area (Å²) < 4.78 is 10.7. The molecule has 0 saturated carbocycles. The van der Waals surface area contributed by atoms with Crippen LogP contribution in [0.2, 0.25) is 0 Å². The van der Waals surface area contributed by atoms with Gasteiger partial charge in [-0.2, -0.15) is 4.98 Å². The minimum atomic E-state index is -0.163. The molecule has 4 rings (SSSR count). The highest BCUT2D eigenvalue weighted by molar-refractivity contribution is 7.13. The first-order valence-corrected chi connectivity index (χ1v) is 9.33. The molecule has 1 fully saturated rings. The number of likely N-dealkylation sites (tertiary alicyclic amines) is 1. The van der Waals surface area contributed by atoms with E-state index < -0.39 is 0 Å². The van der Waals surface area contributed by atoms with Crippen LogP contribution >= 0.6 is 11.3 Å². The Hall–Kier alpha value is -2.67. The van der Waals surface area contributed by atoms with Crippen molar-refractivity contribution in [3.05, 3.63) is 52.0 Å². The van der Waals surface area contributed by atoms with Crippen LogP contribution in [-0.4, -0.2) is 34.6 Å². The number of hydrogen-bond donors (Lipinski definition) is 0. The second-order valence-electron chi connectivity index (χ2n) is 6.25. The molecule has 3 aromatic rings. The van der Waals surface area contributed by atoms with Crippen LogP contribution in [0.3, 0.4) is 0 Å². The summed E-state index contributed by atoms with van der Waals surface area (Å²) in [7, 11) is 1.63. The highest BCUT2D eigenvalue weighted by atomic mass is 32.1. The van der Waals surface area contributed by atoms with E-state index in [0.29, 0.717) is 18.3 Å². The molecule has 3 heterocycles. The van der Waals surface area contributed by atoms with Crippen LogP contribution in [-0.2, 0) is 0 Å². The third kappa shape index (κ3) is 3.10. The second-order valence-corrected chi connectivity index (χ2v) is 7.54. The number of amides is 1. The lowest BCUT2D eigenvalue weighted by molar-refractivity contribution is 0.0715. The largest absolute Gasteiger partial charge is 0.497 e. The van der Waals surface area contributed by atoms with Gasteiger partial charge in [0.1, 0.15) is 11.8 Å².